The molecule has 514 valence electrons. The fourth-order valence-electron chi connectivity index (χ4n) is 8.16. The van der Waals surface area contributed by atoms with Crippen molar-refractivity contribution in [3.8, 4) is 0 Å². The number of carbonyl (C=O) groups is 7. The summed E-state index contributed by atoms with van der Waals surface area (Å²) in [6.07, 6.45) is 6.40. The number of benzene rings is 5. The zero-order valence-electron chi connectivity index (χ0n) is 56.0. The Balaban J connectivity index is 0.000000587. The summed E-state index contributed by atoms with van der Waals surface area (Å²) in [6, 6.07) is 26.1. The molecule has 0 atom stereocenters. The number of H-pyrrole nitrogens is 3. The largest absolute Gasteiger partial charge is 1.00 e. The molecule has 0 radical (unpaired) electrons. The number of carbonyl (C=O) groups excluding carboxylic acids is 6. The maximum atomic E-state index is 12.3. The molecule has 0 fully saturated rings. The minimum absolute atomic E-state index is 0. The first-order valence-corrected chi connectivity index (χ1v) is 31.9. The van der Waals surface area contributed by atoms with Gasteiger partial charge in [0.15, 0.2) is 11.1 Å². The van der Waals surface area contributed by atoms with E-state index in [0.717, 1.165) is 58.8 Å². The third-order valence-electron chi connectivity index (χ3n) is 12.6. The summed E-state index contributed by atoms with van der Waals surface area (Å²) in [5.41, 5.74) is 12.3. The number of esters is 6. The summed E-state index contributed by atoms with van der Waals surface area (Å²) in [7, 11) is 0. The fourth-order valence-corrected chi connectivity index (χ4v) is 9.22. The van der Waals surface area contributed by atoms with Crippen LogP contribution in [0.2, 0.25) is 0 Å². The van der Waals surface area contributed by atoms with Crippen molar-refractivity contribution in [1.82, 2.24) is 15.0 Å². The molecule has 97 heavy (non-hydrogen) atoms. The number of anilines is 2. The molecule has 0 bridgehead atoms. The van der Waals surface area contributed by atoms with Crippen LogP contribution in [0.3, 0.4) is 0 Å². The summed E-state index contributed by atoms with van der Waals surface area (Å²) in [5.74, 6) is -5.28. The van der Waals surface area contributed by atoms with Crippen LogP contribution in [0.1, 0.15) is 107 Å². The van der Waals surface area contributed by atoms with Gasteiger partial charge in [0.05, 0.1) is 62.8 Å². The van der Waals surface area contributed by atoms with Gasteiger partial charge in [-0.3, -0.25) is 14.4 Å². The van der Waals surface area contributed by atoms with E-state index in [1.54, 1.807) is 73.6 Å². The molecule has 8 aromatic rings. The molecule has 3 heterocycles. The van der Waals surface area contributed by atoms with Crippen LogP contribution in [0.4, 0.5) is 11.4 Å². The molecule has 8 rings (SSSR count). The molecular weight excluding hydrogens is 1470 g/mol. The van der Waals surface area contributed by atoms with E-state index < -0.39 is 47.2 Å². The van der Waals surface area contributed by atoms with E-state index in [9.17, 15) is 47.9 Å². The number of carboxylic acids is 1. The van der Waals surface area contributed by atoms with Crippen LogP contribution < -0.4 is 56.9 Å². The van der Waals surface area contributed by atoms with Crippen LogP contribution in [-0.2, 0) is 52.3 Å². The number of ether oxygens (including phenoxy) is 7. The van der Waals surface area contributed by atoms with Crippen LogP contribution in [-0.4, -0.2) is 114 Å². The van der Waals surface area contributed by atoms with Crippen LogP contribution in [0.5, 0.6) is 0 Å². The van der Waals surface area contributed by atoms with Gasteiger partial charge in [-0.1, -0.05) is 42.5 Å². The van der Waals surface area contributed by atoms with Gasteiger partial charge in [0.25, 0.3) is 0 Å². The smallest absolute Gasteiger partial charge is 0.870 e. The van der Waals surface area contributed by atoms with Crippen molar-refractivity contribution in [2.75, 3.05) is 57.3 Å². The quantitative estimate of drug-likeness (QED) is 0.00721. The second kappa shape index (κ2) is 44.2. The van der Waals surface area contributed by atoms with Crippen LogP contribution >= 0.6 is 47.8 Å². The summed E-state index contributed by atoms with van der Waals surface area (Å²) < 4.78 is 36.2. The maximum Gasteiger partial charge on any atom is 1.00 e. The van der Waals surface area contributed by atoms with E-state index in [1.807, 2.05) is 94.4 Å². The number of aromatic carboxylic acids is 1. The predicted octanol–water partition coefficient (Wildman–Crippen LogP) is 9.70. The van der Waals surface area contributed by atoms with E-state index in [-0.39, 0.29) is 113 Å². The van der Waals surface area contributed by atoms with Crippen molar-refractivity contribution in [2.45, 2.75) is 83.1 Å². The molecular formula is C69H77Br3N5NaO19. The normalized spacial score (nSPS) is 9.80. The zero-order valence-corrected chi connectivity index (χ0v) is 62.7. The first-order chi connectivity index (χ1) is 45.2. The Morgan fingerprint density at radius 2 is 0.876 bits per heavy atom. The Kier molecular flexibility index (Phi) is 39.3. The van der Waals surface area contributed by atoms with Crippen molar-refractivity contribution >= 4 is 134 Å². The molecule has 3 aromatic heterocycles. The van der Waals surface area contributed by atoms with Gasteiger partial charge < -0.3 is 69.7 Å². The Morgan fingerprint density at radius 3 is 1.31 bits per heavy atom. The summed E-state index contributed by atoms with van der Waals surface area (Å²) in [6.45, 7) is 22.8. The zero-order chi connectivity index (χ0) is 71.1. The standard InChI is InChI=1S/C15H18BrNO4.C13H12BrNO3.C13H13NO3.C11H9NO3.C10H16O5.C7H8BrN.Na.H2O/c1-4-20-14(18)11(15(19)21-5-2)9-17-13-8-10(3)6-7-12(13)16;1-3-18-13(17)8-6-15-11-9(14)5-4-7(2)10(11)12(8)16;1-3-17-13(16)9-7-14-10-6-4-5-8(2)11(10)12(9)15;1-6-3-2-4-8-9(6)10(13)7(5-12-8)11(14)15;1-4-13-7-8(9(11)14-5-2)10(12)15-6-3;1-5-2-3-6(8)7(9)4-5;;/h6-9,17H,4-5H2,1-3H3;4-6H,3H2,1-2H3,(H,15,16);4-7H,3H2,1-2H3,(H,14,15);2-5H,1H3,(H,12,13)(H,14,15);7H,4-6H2,1-3H3;2-4H,9H2,1H3;;1H2/q;;;;;;+1;/p-1. The van der Waals surface area contributed by atoms with Crippen LogP contribution in [0.15, 0.2) is 155 Å². The van der Waals surface area contributed by atoms with Gasteiger partial charge in [-0.25, -0.2) is 33.6 Å². The van der Waals surface area contributed by atoms with E-state index in [1.165, 1.54) is 30.4 Å². The van der Waals surface area contributed by atoms with Crippen molar-refractivity contribution in [3.05, 3.63) is 216 Å². The molecule has 28 heteroatoms. The number of carboxylic acid groups (broad SMARTS) is 1. The second-order valence-electron chi connectivity index (χ2n) is 19.5. The molecule has 0 amide bonds. The molecule has 24 nitrogen and oxygen atoms in total. The minimum atomic E-state index is -1.21. The van der Waals surface area contributed by atoms with Gasteiger partial charge >= 0.3 is 71.3 Å². The fraction of sp³-hybridized carbons (Fsp3) is 0.275. The number of aromatic amines is 3. The Bertz CT molecular complexity index is 4260. The third kappa shape index (κ3) is 26.0. The predicted molar refractivity (Wildman–Crippen MR) is 377 cm³/mol. The first kappa shape index (κ1) is 86.3. The minimum Gasteiger partial charge on any atom is -0.870 e. The van der Waals surface area contributed by atoms with Crippen molar-refractivity contribution in [3.63, 3.8) is 0 Å². The molecule has 5 aromatic carbocycles. The van der Waals surface area contributed by atoms with Crippen molar-refractivity contribution in [1.29, 1.82) is 0 Å². The monoisotopic (exact) mass is 1540 g/mol. The van der Waals surface area contributed by atoms with Crippen LogP contribution in [0.25, 0.3) is 32.7 Å². The van der Waals surface area contributed by atoms with Crippen molar-refractivity contribution < 1.29 is 107 Å². The van der Waals surface area contributed by atoms with Gasteiger partial charge in [0.1, 0.15) is 23.0 Å². The van der Waals surface area contributed by atoms with Crippen LogP contribution in [0, 0.1) is 34.6 Å². The van der Waals surface area contributed by atoms with E-state index in [4.69, 9.17) is 34.5 Å². The molecule has 0 saturated carbocycles. The number of pyridine rings is 3. The number of nitrogens with one attached hydrogen (secondary N) is 4. The molecule has 0 spiro atoms. The van der Waals surface area contributed by atoms with Gasteiger partial charge in [-0.15, -0.1) is 0 Å². The summed E-state index contributed by atoms with van der Waals surface area (Å²) >= 11 is 10.1. The Hall–Kier alpha value is -8.70. The van der Waals surface area contributed by atoms with E-state index >= 15 is 0 Å². The SMILES string of the molecule is CCOC(=O)C(=CNc1cc(C)ccc1Br)C(=O)OCC.CCOC(=O)c1c[nH]c2c(Br)ccc(C)c2c1=O.CCOC(=O)c1c[nH]c2cccc(C)c2c1=O.CCOC=C(C(=O)OCC)C(=O)OCC.Cc1ccc(Br)c(N)c1.Cc1cccc2[nH]cc(C(=O)O)c(=O)c12.[Na+].[OH-]. The molecule has 0 aliphatic carbocycles. The summed E-state index contributed by atoms with van der Waals surface area (Å²) in [5, 5.41) is 13.2. The first-order valence-electron chi connectivity index (χ1n) is 29.5. The number of rotatable bonds is 17. The molecule has 0 unspecified atom stereocenters. The average Bonchev–Trinajstić information content (AvgIpc) is 0.798. The van der Waals surface area contributed by atoms with E-state index in [2.05, 4.69) is 77.5 Å². The number of aromatic nitrogens is 3. The average molecular weight is 1540 g/mol. The molecule has 0 aliphatic heterocycles. The van der Waals surface area contributed by atoms with E-state index in [0.29, 0.717) is 33.8 Å². The second-order valence-corrected chi connectivity index (χ2v) is 22.1. The maximum absolute atomic E-state index is 12.3. The number of nitrogen functional groups attached to an aromatic ring is 1. The molecule has 8 N–H and O–H groups in total. The third-order valence-corrected chi connectivity index (χ3v) is 14.7. The topological polar surface area (TPSA) is 371 Å². The number of hydrogen-bond donors (Lipinski definition) is 6. The number of hydrogen-bond acceptors (Lipinski definition) is 20. The Labute approximate surface area is 607 Å². The number of fused-ring (bicyclic) bond motifs is 3. The number of aryl methyl sites for hydroxylation is 5. The molecule has 0 aliphatic rings. The number of halogens is 3. The van der Waals surface area contributed by atoms with Gasteiger partial charge in [0.2, 0.25) is 16.3 Å². The molecule has 0 saturated heterocycles. The van der Waals surface area contributed by atoms with Gasteiger partial charge in [-0.05, 0) is 201 Å². The number of nitrogens with two attached hydrogens (primary N) is 1. The van der Waals surface area contributed by atoms with Gasteiger partial charge in [0, 0.05) is 65.7 Å². The Morgan fingerprint density at radius 1 is 0.485 bits per heavy atom. The van der Waals surface area contributed by atoms with Crippen molar-refractivity contribution in [2.24, 2.45) is 0 Å². The summed E-state index contributed by atoms with van der Waals surface area (Å²) in [4.78, 5) is 125. The van der Waals surface area contributed by atoms with Gasteiger partial charge in [-0.2, -0.15) is 0 Å².